The summed E-state index contributed by atoms with van der Waals surface area (Å²) in [7, 11) is 1.69. The Morgan fingerprint density at radius 2 is 2.11 bits per heavy atom. The van der Waals surface area contributed by atoms with Crippen LogP contribution in [0.2, 0.25) is 0 Å². The molecular formula is C15H21BrO2. The predicted molar refractivity (Wildman–Crippen MR) is 77.0 cm³/mol. The van der Waals surface area contributed by atoms with Crippen LogP contribution in [0.1, 0.15) is 37.7 Å². The van der Waals surface area contributed by atoms with E-state index in [-0.39, 0.29) is 6.10 Å². The van der Waals surface area contributed by atoms with Gasteiger partial charge in [-0.05, 0) is 55.4 Å². The van der Waals surface area contributed by atoms with Gasteiger partial charge >= 0.3 is 0 Å². The number of hydrogen-bond donors (Lipinski definition) is 1. The molecule has 1 unspecified atom stereocenters. The van der Waals surface area contributed by atoms with Crippen LogP contribution < -0.4 is 4.74 Å². The first kappa shape index (κ1) is 13.9. The normalized spacial score (nSPS) is 17.9. The number of methoxy groups -OCH3 is 1. The van der Waals surface area contributed by atoms with Crippen molar-refractivity contribution in [2.24, 2.45) is 5.92 Å². The third-order valence-corrected chi connectivity index (χ3v) is 4.39. The molecular weight excluding hydrogens is 292 g/mol. The topological polar surface area (TPSA) is 29.5 Å². The lowest BCUT2D eigenvalue weighted by Gasteiger charge is -2.18. The zero-order valence-corrected chi connectivity index (χ0v) is 12.4. The van der Waals surface area contributed by atoms with Crippen LogP contribution in [0, 0.1) is 5.92 Å². The zero-order valence-electron chi connectivity index (χ0n) is 10.9. The van der Waals surface area contributed by atoms with Gasteiger partial charge in [-0.3, -0.25) is 0 Å². The molecule has 0 spiro atoms. The maximum atomic E-state index is 10.2. The van der Waals surface area contributed by atoms with Crippen LogP contribution >= 0.6 is 15.9 Å². The smallest absolute Gasteiger partial charge is 0.122 e. The zero-order chi connectivity index (χ0) is 13.0. The molecule has 0 bridgehead atoms. The largest absolute Gasteiger partial charge is 0.496 e. The molecule has 1 aliphatic rings. The van der Waals surface area contributed by atoms with Gasteiger partial charge in [0.25, 0.3) is 0 Å². The van der Waals surface area contributed by atoms with Gasteiger partial charge in [-0.2, -0.15) is 0 Å². The predicted octanol–water partition coefficient (Wildman–Crippen LogP) is 3.94. The van der Waals surface area contributed by atoms with E-state index in [1.54, 1.807) is 7.11 Å². The number of halogens is 1. The van der Waals surface area contributed by atoms with Gasteiger partial charge in [0, 0.05) is 4.47 Å². The monoisotopic (exact) mass is 312 g/mol. The van der Waals surface area contributed by atoms with Crippen LogP contribution in [-0.4, -0.2) is 18.3 Å². The number of ether oxygens (including phenoxy) is 1. The molecule has 1 aromatic carbocycles. The van der Waals surface area contributed by atoms with Gasteiger partial charge in [0.1, 0.15) is 5.75 Å². The minimum Gasteiger partial charge on any atom is -0.496 e. The van der Waals surface area contributed by atoms with E-state index in [4.69, 9.17) is 4.74 Å². The first-order valence-corrected chi connectivity index (χ1v) is 7.50. The second-order valence-corrected chi connectivity index (χ2v) is 6.02. The first-order chi connectivity index (χ1) is 8.70. The van der Waals surface area contributed by atoms with Crippen molar-refractivity contribution >= 4 is 15.9 Å². The second kappa shape index (κ2) is 6.58. The number of rotatable bonds is 5. The average Bonchev–Trinajstić information content (AvgIpc) is 2.90. The van der Waals surface area contributed by atoms with Crippen LogP contribution in [0.25, 0.3) is 0 Å². The number of hydrogen-bond acceptors (Lipinski definition) is 2. The Bertz CT molecular complexity index is 386. The molecule has 1 aliphatic carbocycles. The summed E-state index contributed by atoms with van der Waals surface area (Å²) >= 11 is 3.48. The molecule has 0 saturated heterocycles. The van der Waals surface area contributed by atoms with Crippen molar-refractivity contribution in [3.63, 3.8) is 0 Å². The third-order valence-electron chi connectivity index (χ3n) is 3.90. The summed E-state index contributed by atoms with van der Waals surface area (Å²) in [4.78, 5) is 0. The number of aliphatic hydroxyl groups is 1. The Kier molecular flexibility index (Phi) is 5.07. The van der Waals surface area contributed by atoms with E-state index < -0.39 is 0 Å². The molecule has 3 heteroatoms. The fourth-order valence-corrected chi connectivity index (χ4v) is 3.23. The van der Waals surface area contributed by atoms with Crippen molar-refractivity contribution in [2.45, 2.75) is 44.6 Å². The minimum atomic E-state index is -0.156. The Labute approximate surface area is 117 Å². The molecule has 1 fully saturated rings. The molecule has 0 radical (unpaired) electrons. The lowest BCUT2D eigenvalue weighted by atomic mass is 9.95. The standard InChI is InChI=1S/C15H21BrO2/c1-18-15-9-7-13(16)10-12(15)6-8-14(17)11-4-2-3-5-11/h7,9-11,14,17H,2-6,8H2,1H3. The minimum absolute atomic E-state index is 0.156. The molecule has 18 heavy (non-hydrogen) atoms. The molecule has 2 nitrogen and oxygen atoms in total. The van der Waals surface area contributed by atoms with E-state index in [0.717, 1.165) is 23.1 Å². The highest BCUT2D eigenvalue weighted by atomic mass is 79.9. The summed E-state index contributed by atoms with van der Waals surface area (Å²) in [5, 5.41) is 10.2. The number of benzene rings is 1. The lowest BCUT2D eigenvalue weighted by Crippen LogP contribution is -2.18. The molecule has 0 aliphatic heterocycles. The van der Waals surface area contributed by atoms with Crippen molar-refractivity contribution < 1.29 is 9.84 Å². The summed E-state index contributed by atoms with van der Waals surface area (Å²) < 4.78 is 6.42. The molecule has 0 amide bonds. The molecule has 100 valence electrons. The van der Waals surface area contributed by atoms with Gasteiger partial charge in [-0.25, -0.2) is 0 Å². The summed E-state index contributed by atoms with van der Waals surface area (Å²) in [6, 6.07) is 6.04. The van der Waals surface area contributed by atoms with Crippen LogP contribution in [0.4, 0.5) is 0 Å². The van der Waals surface area contributed by atoms with Gasteiger partial charge < -0.3 is 9.84 Å². The highest BCUT2D eigenvalue weighted by molar-refractivity contribution is 9.10. The number of aryl methyl sites for hydroxylation is 1. The maximum absolute atomic E-state index is 10.2. The Balaban J connectivity index is 1.94. The average molecular weight is 313 g/mol. The van der Waals surface area contributed by atoms with Crippen LogP contribution in [-0.2, 0) is 6.42 Å². The van der Waals surface area contributed by atoms with E-state index in [0.29, 0.717) is 5.92 Å². The van der Waals surface area contributed by atoms with Gasteiger partial charge in [-0.15, -0.1) is 0 Å². The van der Waals surface area contributed by atoms with Gasteiger partial charge in [0.2, 0.25) is 0 Å². The van der Waals surface area contributed by atoms with Gasteiger partial charge in [-0.1, -0.05) is 28.8 Å². The summed E-state index contributed by atoms with van der Waals surface area (Å²) in [6.07, 6.45) is 6.49. The van der Waals surface area contributed by atoms with Gasteiger partial charge in [0.05, 0.1) is 13.2 Å². The second-order valence-electron chi connectivity index (χ2n) is 5.11. The molecule has 1 N–H and O–H groups in total. The van der Waals surface area contributed by atoms with Crippen molar-refractivity contribution in [1.29, 1.82) is 0 Å². The number of aliphatic hydroxyl groups excluding tert-OH is 1. The van der Waals surface area contributed by atoms with Crippen molar-refractivity contribution in [3.05, 3.63) is 28.2 Å². The lowest BCUT2D eigenvalue weighted by molar-refractivity contribution is 0.102. The van der Waals surface area contributed by atoms with Crippen molar-refractivity contribution in [1.82, 2.24) is 0 Å². The SMILES string of the molecule is COc1ccc(Br)cc1CCC(O)C1CCCC1. The molecule has 1 saturated carbocycles. The van der Waals surface area contributed by atoms with Crippen LogP contribution in [0.5, 0.6) is 5.75 Å². The first-order valence-electron chi connectivity index (χ1n) is 6.71. The summed E-state index contributed by atoms with van der Waals surface area (Å²) in [5.41, 5.74) is 1.17. The summed E-state index contributed by atoms with van der Waals surface area (Å²) in [6.45, 7) is 0. The quantitative estimate of drug-likeness (QED) is 0.892. The van der Waals surface area contributed by atoms with E-state index in [2.05, 4.69) is 22.0 Å². The highest BCUT2D eigenvalue weighted by Gasteiger charge is 2.23. The van der Waals surface area contributed by atoms with Crippen molar-refractivity contribution in [2.75, 3.05) is 7.11 Å². The highest BCUT2D eigenvalue weighted by Crippen LogP contribution is 2.31. The van der Waals surface area contributed by atoms with E-state index in [1.807, 2.05) is 12.1 Å². The van der Waals surface area contributed by atoms with Gasteiger partial charge in [0.15, 0.2) is 0 Å². The molecule has 1 atom stereocenters. The Morgan fingerprint density at radius 1 is 1.39 bits per heavy atom. The molecule has 0 heterocycles. The van der Waals surface area contributed by atoms with Crippen molar-refractivity contribution in [3.8, 4) is 5.75 Å². The Hall–Kier alpha value is -0.540. The van der Waals surface area contributed by atoms with Crippen LogP contribution in [0.3, 0.4) is 0 Å². The third kappa shape index (κ3) is 3.48. The fraction of sp³-hybridized carbons (Fsp3) is 0.600. The molecule has 2 rings (SSSR count). The van der Waals surface area contributed by atoms with Crippen LogP contribution in [0.15, 0.2) is 22.7 Å². The van der Waals surface area contributed by atoms with E-state index in [9.17, 15) is 5.11 Å². The fourth-order valence-electron chi connectivity index (χ4n) is 2.82. The summed E-state index contributed by atoms with van der Waals surface area (Å²) in [5.74, 6) is 1.43. The maximum Gasteiger partial charge on any atom is 0.122 e. The molecule has 0 aromatic heterocycles. The Morgan fingerprint density at radius 3 is 2.78 bits per heavy atom. The van der Waals surface area contributed by atoms with E-state index >= 15 is 0 Å². The van der Waals surface area contributed by atoms with E-state index in [1.165, 1.54) is 31.2 Å². The molecule has 1 aromatic rings.